The molecule has 4 heteroatoms. The second-order valence-electron chi connectivity index (χ2n) is 5.72. The van der Waals surface area contributed by atoms with Gasteiger partial charge in [-0.2, -0.15) is 0 Å². The zero-order valence-corrected chi connectivity index (χ0v) is 13.7. The first-order valence-electron chi connectivity index (χ1n) is 7.06. The molecule has 3 nitrogen and oxygen atoms in total. The van der Waals surface area contributed by atoms with Gasteiger partial charge in [0.15, 0.2) is 11.0 Å². The Bertz CT molecular complexity index is 680. The first-order chi connectivity index (χ1) is 9.63. The zero-order chi connectivity index (χ0) is 14.1. The number of nitrogens with zero attached hydrogens (tertiary/aromatic N) is 1. The molecule has 1 saturated heterocycles. The van der Waals surface area contributed by atoms with E-state index in [9.17, 15) is 4.79 Å². The number of piperidine rings is 1. The largest absolute Gasteiger partial charge is 0.463 e. The summed E-state index contributed by atoms with van der Waals surface area (Å²) in [5.74, 6) is 0.772. The summed E-state index contributed by atoms with van der Waals surface area (Å²) in [7, 11) is 0. The molecule has 1 fully saturated rings. The lowest BCUT2D eigenvalue weighted by Gasteiger charge is -2.30. The minimum Gasteiger partial charge on any atom is -0.463 e. The minimum absolute atomic E-state index is 0.0398. The number of benzene rings is 1. The van der Waals surface area contributed by atoms with E-state index in [-0.39, 0.29) is 5.43 Å². The highest BCUT2D eigenvalue weighted by atomic mass is 127. The molecule has 1 aliphatic heterocycles. The first kappa shape index (κ1) is 14.1. The second-order valence-corrected chi connectivity index (χ2v) is 6.88. The van der Waals surface area contributed by atoms with Crippen LogP contribution in [0.1, 0.15) is 25.3 Å². The van der Waals surface area contributed by atoms with Crippen LogP contribution >= 0.6 is 22.6 Å². The molecule has 2 heterocycles. The molecule has 0 aliphatic carbocycles. The molecule has 3 rings (SSSR count). The summed E-state index contributed by atoms with van der Waals surface area (Å²) in [5.41, 5.74) is 1.95. The molecule has 106 valence electrons. The highest BCUT2D eigenvalue weighted by molar-refractivity contribution is 14.1. The summed E-state index contributed by atoms with van der Waals surface area (Å²) >= 11 is 2.25. The molecule has 0 bridgehead atoms. The van der Waals surface area contributed by atoms with Crippen LogP contribution < -0.4 is 5.43 Å². The summed E-state index contributed by atoms with van der Waals surface area (Å²) in [5, 5.41) is 0.694. The number of fused-ring (bicyclic) bond motifs is 1. The lowest BCUT2D eigenvalue weighted by atomic mass is 9.99. The summed E-state index contributed by atoms with van der Waals surface area (Å²) in [4.78, 5) is 14.4. The number of rotatable bonds is 2. The lowest BCUT2D eigenvalue weighted by molar-refractivity contribution is 0.176. The standard InChI is InChI=1S/C16H18INO2/c1-11-3-2-5-18(9-11)10-12-7-13-15(19)4-6-20-16(13)14(17)8-12/h4,6-8,11H,2-3,5,9-10H2,1H3. The minimum atomic E-state index is 0.0398. The number of halogens is 1. The molecule has 1 atom stereocenters. The van der Waals surface area contributed by atoms with E-state index >= 15 is 0 Å². The highest BCUT2D eigenvalue weighted by Crippen LogP contribution is 2.23. The fraction of sp³-hybridized carbons (Fsp3) is 0.438. The van der Waals surface area contributed by atoms with Gasteiger partial charge < -0.3 is 4.42 Å². The van der Waals surface area contributed by atoms with Gasteiger partial charge >= 0.3 is 0 Å². The van der Waals surface area contributed by atoms with Gasteiger partial charge in [0, 0.05) is 19.2 Å². The van der Waals surface area contributed by atoms with E-state index in [2.05, 4.69) is 40.5 Å². The van der Waals surface area contributed by atoms with Crippen LogP contribution in [-0.2, 0) is 6.54 Å². The second kappa shape index (κ2) is 5.85. The van der Waals surface area contributed by atoms with Crippen LogP contribution in [0.25, 0.3) is 11.0 Å². The van der Waals surface area contributed by atoms with Crippen molar-refractivity contribution in [1.29, 1.82) is 0 Å². The predicted molar refractivity (Wildman–Crippen MR) is 88.9 cm³/mol. The topological polar surface area (TPSA) is 33.5 Å². The van der Waals surface area contributed by atoms with Gasteiger partial charge in [0.05, 0.1) is 15.2 Å². The van der Waals surface area contributed by atoms with Crippen LogP contribution in [0.5, 0.6) is 0 Å². The van der Waals surface area contributed by atoms with Crippen molar-refractivity contribution in [1.82, 2.24) is 4.90 Å². The van der Waals surface area contributed by atoms with Gasteiger partial charge in [0.1, 0.15) is 0 Å². The Morgan fingerprint density at radius 3 is 3.10 bits per heavy atom. The van der Waals surface area contributed by atoms with Gasteiger partial charge in [-0.15, -0.1) is 0 Å². The van der Waals surface area contributed by atoms with Gasteiger partial charge in [0.25, 0.3) is 0 Å². The summed E-state index contributed by atoms with van der Waals surface area (Å²) in [6.07, 6.45) is 4.07. The van der Waals surface area contributed by atoms with Gasteiger partial charge in [-0.3, -0.25) is 9.69 Å². The monoisotopic (exact) mass is 383 g/mol. The van der Waals surface area contributed by atoms with Gasteiger partial charge in [-0.1, -0.05) is 6.92 Å². The Labute approximate surface area is 132 Å². The SMILES string of the molecule is CC1CCCN(Cc2cc(I)c3occc(=O)c3c2)C1. The summed E-state index contributed by atoms with van der Waals surface area (Å²) < 4.78 is 6.48. The van der Waals surface area contributed by atoms with E-state index in [1.165, 1.54) is 30.7 Å². The van der Waals surface area contributed by atoms with Crippen molar-refractivity contribution in [2.45, 2.75) is 26.3 Å². The van der Waals surface area contributed by atoms with Crippen LogP contribution in [0.3, 0.4) is 0 Å². The maximum Gasteiger partial charge on any atom is 0.192 e. The van der Waals surface area contributed by atoms with Crippen LogP contribution in [0.15, 0.2) is 33.7 Å². The molecule has 0 N–H and O–H groups in total. The number of hydrogen-bond acceptors (Lipinski definition) is 3. The van der Waals surface area contributed by atoms with Crippen molar-refractivity contribution in [2.24, 2.45) is 5.92 Å². The van der Waals surface area contributed by atoms with Gasteiger partial charge in [0.2, 0.25) is 0 Å². The molecule has 0 saturated carbocycles. The maximum absolute atomic E-state index is 12.0. The van der Waals surface area contributed by atoms with E-state index < -0.39 is 0 Å². The van der Waals surface area contributed by atoms with Crippen molar-refractivity contribution < 1.29 is 4.42 Å². The van der Waals surface area contributed by atoms with Crippen LogP contribution in [0, 0.1) is 9.49 Å². The predicted octanol–water partition coefficient (Wildman–Crippen LogP) is 3.63. The van der Waals surface area contributed by atoms with Crippen molar-refractivity contribution in [3.63, 3.8) is 0 Å². The third-order valence-corrected chi connectivity index (χ3v) is 4.72. The van der Waals surface area contributed by atoms with E-state index in [4.69, 9.17) is 4.42 Å². The zero-order valence-electron chi connectivity index (χ0n) is 11.6. The van der Waals surface area contributed by atoms with Crippen molar-refractivity contribution >= 4 is 33.6 Å². The molecule has 0 radical (unpaired) electrons. The Balaban J connectivity index is 1.92. The van der Waals surface area contributed by atoms with Crippen LogP contribution in [0.4, 0.5) is 0 Å². The van der Waals surface area contributed by atoms with Gasteiger partial charge in [-0.05, 0) is 65.6 Å². The highest BCUT2D eigenvalue weighted by Gasteiger charge is 2.17. The third-order valence-electron chi connectivity index (χ3n) is 3.92. The molecule has 1 unspecified atom stereocenters. The molecular weight excluding hydrogens is 365 g/mol. The fourth-order valence-electron chi connectivity index (χ4n) is 2.99. The molecule has 2 aromatic rings. The summed E-state index contributed by atoms with van der Waals surface area (Å²) in [6.45, 7) is 5.54. The normalized spacial score (nSPS) is 20.4. The third kappa shape index (κ3) is 2.91. The fourth-order valence-corrected chi connectivity index (χ4v) is 3.80. The maximum atomic E-state index is 12.0. The Morgan fingerprint density at radius 1 is 1.45 bits per heavy atom. The Hall–Kier alpha value is -0.880. The molecule has 0 spiro atoms. The van der Waals surface area contributed by atoms with E-state index in [1.54, 1.807) is 0 Å². The molecule has 1 aromatic carbocycles. The van der Waals surface area contributed by atoms with Crippen LogP contribution in [0.2, 0.25) is 0 Å². The average Bonchev–Trinajstić information content (AvgIpc) is 2.40. The average molecular weight is 383 g/mol. The quantitative estimate of drug-likeness (QED) is 0.743. The molecule has 1 aliphatic rings. The number of hydrogen-bond donors (Lipinski definition) is 0. The Kier molecular flexibility index (Phi) is 4.12. The smallest absolute Gasteiger partial charge is 0.192 e. The van der Waals surface area contributed by atoms with E-state index in [0.717, 1.165) is 29.1 Å². The van der Waals surface area contributed by atoms with Gasteiger partial charge in [-0.25, -0.2) is 0 Å². The van der Waals surface area contributed by atoms with Crippen molar-refractivity contribution in [3.8, 4) is 0 Å². The molecular formula is C16H18INO2. The van der Waals surface area contributed by atoms with E-state index in [1.807, 2.05) is 6.07 Å². The van der Waals surface area contributed by atoms with Crippen LogP contribution in [-0.4, -0.2) is 18.0 Å². The Morgan fingerprint density at radius 2 is 2.30 bits per heavy atom. The lowest BCUT2D eigenvalue weighted by Crippen LogP contribution is -2.33. The van der Waals surface area contributed by atoms with E-state index in [0.29, 0.717) is 11.0 Å². The van der Waals surface area contributed by atoms with Crippen molar-refractivity contribution in [2.75, 3.05) is 13.1 Å². The van der Waals surface area contributed by atoms with Crippen molar-refractivity contribution in [3.05, 3.63) is 43.8 Å². The molecule has 0 amide bonds. The molecule has 20 heavy (non-hydrogen) atoms. The number of likely N-dealkylation sites (tertiary alicyclic amines) is 1. The summed E-state index contributed by atoms with van der Waals surface area (Å²) in [6, 6.07) is 5.61. The molecule has 1 aromatic heterocycles. The first-order valence-corrected chi connectivity index (χ1v) is 8.13.